The summed E-state index contributed by atoms with van der Waals surface area (Å²) in [6, 6.07) is 11.9. The number of fused-ring (bicyclic) bond motifs is 2. The Balaban J connectivity index is 1.43. The standard InChI is InChI=1S/C25H26FN3O3S/c1-16-8-9-17-13-18(26)10-11-22(17)29(16)23(30)15-33-25-27-21-7-3-2-6-20(21)24(31)28(25)14-19-5-4-12-32-19/h2-3,6-7,10-11,13,16,19H,4-5,8-9,12,14-15H2,1H3/t16-,19+/m0/s1. The van der Waals surface area contributed by atoms with Crippen LogP contribution in [0.3, 0.4) is 0 Å². The molecule has 2 aromatic carbocycles. The smallest absolute Gasteiger partial charge is 0.262 e. The third-order valence-corrected chi connectivity index (χ3v) is 7.36. The number of carbonyl (C=O) groups is 1. The molecule has 2 aliphatic heterocycles. The summed E-state index contributed by atoms with van der Waals surface area (Å²) in [5.41, 5.74) is 2.13. The zero-order valence-electron chi connectivity index (χ0n) is 18.5. The zero-order chi connectivity index (χ0) is 22.9. The molecular weight excluding hydrogens is 441 g/mol. The summed E-state index contributed by atoms with van der Waals surface area (Å²) >= 11 is 1.27. The molecule has 0 aliphatic carbocycles. The van der Waals surface area contributed by atoms with Crippen molar-refractivity contribution in [3.05, 3.63) is 64.2 Å². The highest BCUT2D eigenvalue weighted by molar-refractivity contribution is 7.99. The number of aromatic nitrogens is 2. The number of rotatable bonds is 5. The summed E-state index contributed by atoms with van der Waals surface area (Å²) in [6.07, 6.45) is 3.39. The Morgan fingerprint density at radius 3 is 2.91 bits per heavy atom. The highest BCUT2D eigenvalue weighted by Gasteiger charge is 2.29. The third-order valence-electron chi connectivity index (χ3n) is 6.40. The van der Waals surface area contributed by atoms with E-state index < -0.39 is 0 Å². The second-order valence-electron chi connectivity index (χ2n) is 8.68. The van der Waals surface area contributed by atoms with E-state index in [2.05, 4.69) is 0 Å². The first-order chi connectivity index (χ1) is 16.0. The Kier molecular flexibility index (Phi) is 6.21. The number of para-hydroxylation sites is 1. The summed E-state index contributed by atoms with van der Waals surface area (Å²) in [5.74, 6) is -0.230. The van der Waals surface area contributed by atoms with E-state index in [0.717, 1.165) is 36.9 Å². The number of anilines is 1. The lowest BCUT2D eigenvalue weighted by molar-refractivity contribution is -0.116. The monoisotopic (exact) mass is 467 g/mol. The summed E-state index contributed by atoms with van der Waals surface area (Å²) in [7, 11) is 0. The Hall–Kier alpha value is -2.71. The molecular formula is C25H26FN3O3S. The predicted molar refractivity (Wildman–Crippen MR) is 127 cm³/mol. The van der Waals surface area contributed by atoms with Crippen molar-refractivity contribution >= 4 is 34.3 Å². The van der Waals surface area contributed by atoms with Gasteiger partial charge in [-0.15, -0.1) is 0 Å². The first kappa shape index (κ1) is 22.1. The molecule has 172 valence electrons. The van der Waals surface area contributed by atoms with E-state index in [1.54, 1.807) is 21.6 Å². The molecule has 2 atom stereocenters. The fraction of sp³-hybridized carbons (Fsp3) is 0.400. The van der Waals surface area contributed by atoms with Crippen molar-refractivity contribution in [2.45, 2.75) is 56.5 Å². The number of nitrogens with zero attached hydrogens (tertiary/aromatic N) is 3. The number of benzene rings is 2. The molecule has 0 spiro atoms. The minimum atomic E-state index is -0.288. The van der Waals surface area contributed by atoms with Crippen molar-refractivity contribution in [3.8, 4) is 0 Å². The van der Waals surface area contributed by atoms with Crippen molar-refractivity contribution in [1.29, 1.82) is 0 Å². The second-order valence-corrected chi connectivity index (χ2v) is 9.62. The van der Waals surface area contributed by atoms with Crippen molar-refractivity contribution in [2.24, 2.45) is 0 Å². The molecule has 0 radical (unpaired) electrons. The second kappa shape index (κ2) is 9.27. The molecule has 1 aromatic heterocycles. The normalized spacial score (nSPS) is 20.2. The van der Waals surface area contributed by atoms with Crippen molar-refractivity contribution < 1.29 is 13.9 Å². The molecule has 2 aliphatic rings. The lowest BCUT2D eigenvalue weighted by Gasteiger charge is -2.35. The molecule has 3 heterocycles. The van der Waals surface area contributed by atoms with Gasteiger partial charge in [-0.2, -0.15) is 0 Å². The Morgan fingerprint density at radius 1 is 1.24 bits per heavy atom. The van der Waals surface area contributed by atoms with Crippen LogP contribution in [0, 0.1) is 5.82 Å². The van der Waals surface area contributed by atoms with Gasteiger partial charge in [-0.05, 0) is 68.5 Å². The van der Waals surface area contributed by atoms with Crippen LogP contribution in [0.2, 0.25) is 0 Å². The number of amides is 1. The Morgan fingerprint density at radius 2 is 2.09 bits per heavy atom. The van der Waals surface area contributed by atoms with E-state index in [-0.39, 0.29) is 35.2 Å². The number of hydrogen-bond donors (Lipinski definition) is 0. The van der Waals surface area contributed by atoms with Crippen LogP contribution >= 0.6 is 11.8 Å². The third kappa shape index (κ3) is 4.42. The lowest BCUT2D eigenvalue weighted by atomic mass is 9.96. The van der Waals surface area contributed by atoms with E-state index >= 15 is 0 Å². The number of hydrogen-bond acceptors (Lipinski definition) is 5. The maximum atomic E-state index is 13.7. The topological polar surface area (TPSA) is 64.4 Å². The molecule has 0 saturated carbocycles. The molecule has 0 unspecified atom stereocenters. The first-order valence-corrected chi connectivity index (χ1v) is 12.3. The predicted octanol–water partition coefficient (Wildman–Crippen LogP) is 4.17. The summed E-state index contributed by atoms with van der Waals surface area (Å²) in [5, 5.41) is 1.08. The first-order valence-electron chi connectivity index (χ1n) is 11.4. The van der Waals surface area contributed by atoms with E-state index in [0.29, 0.717) is 29.2 Å². The van der Waals surface area contributed by atoms with E-state index in [9.17, 15) is 14.0 Å². The van der Waals surface area contributed by atoms with Gasteiger partial charge in [-0.3, -0.25) is 14.2 Å². The minimum absolute atomic E-state index is 0.0229. The van der Waals surface area contributed by atoms with Gasteiger partial charge >= 0.3 is 0 Å². The largest absolute Gasteiger partial charge is 0.376 e. The van der Waals surface area contributed by atoms with E-state index in [1.165, 1.54) is 23.9 Å². The number of carbonyl (C=O) groups excluding carboxylic acids is 1. The molecule has 0 bridgehead atoms. The molecule has 0 N–H and O–H groups in total. The average Bonchev–Trinajstić information content (AvgIpc) is 3.33. The maximum Gasteiger partial charge on any atom is 0.262 e. The fourth-order valence-electron chi connectivity index (χ4n) is 4.71. The number of halogens is 1. The van der Waals surface area contributed by atoms with Gasteiger partial charge in [0.25, 0.3) is 5.56 Å². The van der Waals surface area contributed by atoms with Gasteiger partial charge in [0.15, 0.2) is 5.16 Å². The minimum Gasteiger partial charge on any atom is -0.376 e. The quantitative estimate of drug-likeness (QED) is 0.416. The summed E-state index contributed by atoms with van der Waals surface area (Å²) in [6.45, 7) is 3.14. The molecule has 1 fully saturated rings. The fourth-order valence-corrected chi connectivity index (χ4v) is 5.57. The van der Waals surface area contributed by atoms with Crippen LogP contribution in [-0.4, -0.2) is 40.0 Å². The number of aryl methyl sites for hydroxylation is 1. The highest BCUT2D eigenvalue weighted by atomic mass is 32.2. The van der Waals surface area contributed by atoms with Crippen LogP contribution in [0.15, 0.2) is 52.4 Å². The molecule has 6 nitrogen and oxygen atoms in total. The molecule has 1 amide bonds. The van der Waals surface area contributed by atoms with Crippen LogP contribution in [0.5, 0.6) is 0 Å². The average molecular weight is 468 g/mol. The van der Waals surface area contributed by atoms with Gasteiger partial charge < -0.3 is 9.64 Å². The van der Waals surface area contributed by atoms with Gasteiger partial charge in [0, 0.05) is 18.3 Å². The molecule has 1 saturated heterocycles. The van der Waals surface area contributed by atoms with Gasteiger partial charge in [-0.1, -0.05) is 23.9 Å². The van der Waals surface area contributed by atoms with Gasteiger partial charge in [0.05, 0.1) is 29.3 Å². The summed E-state index contributed by atoms with van der Waals surface area (Å²) < 4.78 is 21.1. The van der Waals surface area contributed by atoms with Crippen LogP contribution < -0.4 is 10.5 Å². The lowest BCUT2D eigenvalue weighted by Crippen LogP contribution is -2.43. The molecule has 33 heavy (non-hydrogen) atoms. The van der Waals surface area contributed by atoms with E-state index in [4.69, 9.17) is 9.72 Å². The van der Waals surface area contributed by atoms with Crippen LogP contribution in [-0.2, 0) is 22.5 Å². The van der Waals surface area contributed by atoms with Crippen molar-refractivity contribution in [1.82, 2.24) is 9.55 Å². The molecule has 8 heteroatoms. The highest BCUT2D eigenvalue weighted by Crippen LogP contribution is 2.32. The Bertz CT molecular complexity index is 1260. The Labute approximate surface area is 195 Å². The van der Waals surface area contributed by atoms with Crippen molar-refractivity contribution in [3.63, 3.8) is 0 Å². The van der Waals surface area contributed by atoms with Gasteiger partial charge in [0.2, 0.25) is 5.91 Å². The van der Waals surface area contributed by atoms with Crippen LogP contribution in [0.1, 0.15) is 31.7 Å². The molecule has 3 aromatic rings. The number of thioether (sulfide) groups is 1. The van der Waals surface area contributed by atoms with Gasteiger partial charge in [-0.25, -0.2) is 9.37 Å². The number of ether oxygens (including phenoxy) is 1. The van der Waals surface area contributed by atoms with Crippen LogP contribution in [0.4, 0.5) is 10.1 Å². The van der Waals surface area contributed by atoms with Crippen LogP contribution in [0.25, 0.3) is 10.9 Å². The molecule has 5 rings (SSSR count). The van der Waals surface area contributed by atoms with Crippen molar-refractivity contribution in [2.75, 3.05) is 17.3 Å². The SMILES string of the molecule is C[C@H]1CCc2cc(F)ccc2N1C(=O)CSc1nc2ccccc2c(=O)n1C[C@H]1CCCO1. The zero-order valence-corrected chi connectivity index (χ0v) is 19.3. The van der Waals surface area contributed by atoms with E-state index in [1.807, 2.05) is 25.1 Å². The van der Waals surface area contributed by atoms with Gasteiger partial charge in [0.1, 0.15) is 5.82 Å². The maximum absolute atomic E-state index is 13.7. The summed E-state index contributed by atoms with van der Waals surface area (Å²) in [4.78, 5) is 33.0.